The molecule has 0 radical (unpaired) electrons. The fourth-order valence-electron chi connectivity index (χ4n) is 2.25. The van der Waals surface area contributed by atoms with Gasteiger partial charge in [0, 0.05) is 23.2 Å². The molecular formula is C16H13BrClN3. The molecule has 0 aliphatic rings. The van der Waals surface area contributed by atoms with Crippen LogP contribution in [0.5, 0.6) is 0 Å². The van der Waals surface area contributed by atoms with E-state index in [2.05, 4.69) is 31.2 Å². The number of rotatable bonds is 3. The second-order valence-electron chi connectivity index (χ2n) is 4.73. The molecule has 0 spiro atoms. The number of nitrogens with one attached hydrogen (secondary N) is 1. The van der Waals surface area contributed by atoms with E-state index in [0.29, 0.717) is 6.54 Å². The summed E-state index contributed by atoms with van der Waals surface area (Å²) in [7, 11) is 0. The first kappa shape index (κ1) is 14.3. The van der Waals surface area contributed by atoms with Gasteiger partial charge < -0.3 is 5.32 Å². The Balaban J connectivity index is 1.90. The molecule has 0 bridgehead atoms. The molecule has 5 heteroatoms. The van der Waals surface area contributed by atoms with Crippen LogP contribution >= 0.6 is 27.5 Å². The van der Waals surface area contributed by atoms with Gasteiger partial charge in [0.1, 0.15) is 4.60 Å². The van der Waals surface area contributed by atoms with Crippen LogP contribution in [0.2, 0.25) is 5.02 Å². The number of hydrogen-bond donors (Lipinski definition) is 1. The van der Waals surface area contributed by atoms with Gasteiger partial charge in [0.15, 0.2) is 0 Å². The first-order chi connectivity index (χ1) is 10.1. The Hall–Kier alpha value is -1.65. The van der Waals surface area contributed by atoms with E-state index in [-0.39, 0.29) is 0 Å². The number of halogens is 2. The molecule has 0 aliphatic carbocycles. The van der Waals surface area contributed by atoms with Crippen molar-refractivity contribution in [3.8, 4) is 0 Å². The normalized spacial score (nSPS) is 10.8. The van der Waals surface area contributed by atoms with Crippen LogP contribution < -0.4 is 5.32 Å². The summed E-state index contributed by atoms with van der Waals surface area (Å²) in [4.78, 5) is 8.82. The highest BCUT2D eigenvalue weighted by molar-refractivity contribution is 9.10. The minimum atomic E-state index is 0.675. The topological polar surface area (TPSA) is 37.8 Å². The van der Waals surface area contributed by atoms with Crippen LogP contribution in [0.4, 0.5) is 5.69 Å². The van der Waals surface area contributed by atoms with Crippen molar-refractivity contribution in [2.75, 3.05) is 5.32 Å². The van der Waals surface area contributed by atoms with E-state index in [1.165, 1.54) is 0 Å². The Bertz CT molecular complexity index is 805. The van der Waals surface area contributed by atoms with Crippen molar-refractivity contribution in [3.63, 3.8) is 0 Å². The molecular weight excluding hydrogens is 350 g/mol. The minimum Gasteiger partial charge on any atom is -0.379 e. The lowest BCUT2D eigenvalue weighted by molar-refractivity contribution is 1.10. The minimum absolute atomic E-state index is 0.675. The quantitative estimate of drug-likeness (QED) is 0.669. The molecule has 1 aromatic carbocycles. The second kappa shape index (κ2) is 6.00. The van der Waals surface area contributed by atoms with Gasteiger partial charge in [-0.05, 0) is 58.7 Å². The van der Waals surface area contributed by atoms with Crippen molar-refractivity contribution in [2.24, 2.45) is 0 Å². The summed E-state index contributed by atoms with van der Waals surface area (Å²) < 4.78 is 0.837. The van der Waals surface area contributed by atoms with Crippen LogP contribution in [0.3, 0.4) is 0 Å². The maximum atomic E-state index is 6.21. The third-order valence-electron chi connectivity index (χ3n) is 3.32. The van der Waals surface area contributed by atoms with Crippen LogP contribution in [0.15, 0.2) is 47.2 Å². The number of aryl methyl sites for hydroxylation is 1. The molecule has 1 N–H and O–H groups in total. The number of aromatic nitrogens is 2. The van der Waals surface area contributed by atoms with Crippen LogP contribution in [-0.4, -0.2) is 9.97 Å². The molecule has 0 amide bonds. The predicted molar refractivity (Wildman–Crippen MR) is 90.8 cm³/mol. The highest BCUT2D eigenvalue weighted by atomic mass is 79.9. The van der Waals surface area contributed by atoms with E-state index < -0.39 is 0 Å². The number of nitrogens with zero attached hydrogens (tertiary/aromatic N) is 2. The summed E-state index contributed by atoms with van der Waals surface area (Å²) in [5.74, 6) is 0. The lowest BCUT2D eigenvalue weighted by atomic mass is 10.1. The number of fused-ring (bicyclic) bond motifs is 1. The summed E-state index contributed by atoms with van der Waals surface area (Å²) in [6, 6.07) is 11.7. The van der Waals surface area contributed by atoms with Gasteiger partial charge in [-0.15, -0.1) is 0 Å². The Labute approximate surface area is 136 Å². The SMILES string of the molecule is Cc1nc(Br)ccc1NCc1ccc(Cl)c2cccnc12. The van der Waals surface area contributed by atoms with Gasteiger partial charge in [-0.3, -0.25) is 4.98 Å². The van der Waals surface area contributed by atoms with Crippen LogP contribution in [-0.2, 0) is 6.54 Å². The van der Waals surface area contributed by atoms with Gasteiger partial charge in [0.05, 0.1) is 16.9 Å². The lowest BCUT2D eigenvalue weighted by Gasteiger charge is -2.11. The summed E-state index contributed by atoms with van der Waals surface area (Å²) in [5, 5.41) is 5.10. The van der Waals surface area contributed by atoms with Crippen LogP contribution in [0.25, 0.3) is 10.9 Å². The van der Waals surface area contributed by atoms with Crippen molar-refractivity contribution in [1.82, 2.24) is 9.97 Å². The number of hydrogen-bond acceptors (Lipinski definition) is 3. The van der Waals surface area contributed by atoms with Crippen molar-refractivity contribution in [2.45, 2.75) is 13.5 Å². The Morgan fingerprint density at radius 3 is 2.86 bits per heavy atom. The van der Waals surface area contributed by atoms with Crippen molar-refractivity contribution < 1.29 is 0 Å². The van der Waals surface area contributed by atoms with Crippen LogP contribution in [0, 0.1) is 6.92 Å². The first-order valence-corrected chi connectivity index (χ1v) is 7.71. The number of anilines is 1. The molecule has 3 rings (SSSR count). The van der Waals surface area contributed by atoms with Gasteiger partial charge in [-0.1, -0.05) is 17.7 Å². The molecule has 0 unspecified atom stereocenters. The summed E-state index contributed by atoms with van der Waals surface area (Å²) in [6.07, 6.45) is 1.79. The fraction of sp³-hybridized carbons (Fsp3) is 0.125. The second-order valence-corrected chi connectivity index (χ2v) is 5.95. The molecule has 21 heavy (non-hydrogen) atoms. The number of benzene rings is 1. The molecule has 3 aromatic rings. The highest BCUT2D eigenvalue weighted by Gasteiger charge is 2.06. The summed E-state index contributed by atoms with van der Waals surface area (Å²) in [5.41, 5.74) is 4.00. The highest BCUT2D eigenvalue weighted by Crippen LogP contribution is 2.25. The molecule has 0 saturated heterocycles. The molecule has 2 aromatic heterocycles. The van der Waals surface area contributed by atoms with E-state index in [0.717, 1.165) is 37.5 Å². The zero-order chi connectivity index (χ0) is 14.8. The first-order valence-electron chi connectivity index (χ1n) is 6.54. The summed E-state index contributed by atoms with van der Waals surface area (Å²) >= 11 is 9.58. The molecule has 2 heterocycles. The Morgan fingerprint density at radius 2 is 2.05 bits per heavy atom. The van der Waals surface area contributed by atoms with E-state index in [1.54, 1.807) is 6.20 Å². The van der Waals surface area contributed by atoms with Gasteiger partial charge in [-0.25, -0.2) is 4.98 Å². The fourth-order valence-corrected chi connectivity index (χ4v) is 2.86. The molecule has 0 fully saturated rings. The van der Waals surface area contributed by atoms with Gasteiger partial charge in [0.2, 0.25) is 0 Å². The molecule has 0 saturated carbocycles. The average Bonchev–Trinajstić information content (AvgIpc) is 2.48. The number of pyridine rings is 2. The predicted octanol–water partition coefficient (Wildman–Crippen LogP) is 4.97. The largest absolute Gasteiger partial charge is 0.379 e. The monoisotopic (exact) mass is 361 g/mol. The molecule has 106 valence electrons. The van der Waals surface area contributed by atoms with E-state index >= 15 is 0 Å². The van der Waals surface area contributed by atoms with Gasteiger partial charge >= 0.3 is 0 Å². The third-order valence-corrected chi connectivity index (χ3v) is 4.09. The Morgan fingerprint density at radius 1 is 1.19 bits per heavy atom. The zero-order valence-corrected chi connectivity index (χ0v) is 13.7. The van der Waals surface area contributed by atoms with Gasteiger partial charge in [-0.2, -0.15) is 0 Å². The Kier molecular flexibility index (Phi) is 4.08. The third kappa shape index (κ3) is 3.01. The average molecular weight is 363 g/mol. The zero-order valence-electron chi connectivity index (χ0n) is 11.4. The summed E-state index contributed by atoms with van der Waals surface area (Å²) in [6.45, 7) is 2.65. The lowest BCUT2D eigenvalue weighted by Crippen LogP contribution is -2.03. The standard InChI is InChI=1S/C16H13BrClN3/c1-10-14(6-7-15(17)21-10)20-9-11-4-5-13(18)12-3-2-8-19-16(11)12/h2-8,20H,9H2,1H3. The van der Waals surface area contributed by atoms with Crippen LogP contribution in [0.1, 0.15) is 11.3 Å². The van der Waals surface area contributed by atoms with Crippen molar-refractivity contribution in [3.05, 3.63) is 63.5 Å². The van der Waals surface area contributed by atoms with Crippen molar-refractivity contribution >= 4 is 44.1 Å². The molecule has 0 aliphatic heterocycles. The molecule has 0 atom stereocenters. The molecule has 3 nitrogen and oxygen atoms in total. The van der Waals surface area contributed by atoms with Crippen molar-refractivity contribution in [1.29, 1.82) is 0 Å². The van der Waals surface area contributed by atoms with E-state index in [9.17, 15) is 0 Å². The maximum Gasteiger partial charge on any atom is 0.106 e. The van der Waals surface area contributed by atoms with E-state index in [4.69, 9.17) is 11.6 Å². The maximum absolute atomic E-state index is 6.21. The van der Waals surface area contributed by atoms with E-state index in [1.807, 2.05) is 43.3 Å². The smallest absolute Gasteiger partial charge is 0.106 e. The van der Waals surface area contributed by atoms with Gasteiger partial charge in [0.25, 0.3) is 0 Å².